The molecule has 0 fully saturated rings. The zero-order chi connectivity index (χ0) is 12.3. The molecule has 0 aliphatic rings. The van der Waals surface area contributed by atoms with E-state index in [9.17, 15) is 23.4 Å². The molecule has 0 N–H and O–H groups in total. The number of rotatable bonds is 2. The van der Waals surface area contributed by atoms with Crippen molar-refractivity contribution in [3.05, 3.63) is 12.1 Å². The van der Waals surface area contributed by atoms with Gasteiger partial charge in [-0.25, -0.2) is 0 Å². The summed E-state index contributed by atoms with van der Waals surface area (Å²) in [6.45, 7) is 4.60. The summed E-state index contributed by atoms with van der Waals surface area (Å²) in [6.07, 6.45) is -4.86. The van der Waals surface area contributed by atoms with E-state index in [4.69, 9.17) is 0 Å². The summed E-state index contributed by atoms with van der Waals surface area (Å²) in [5.41, 5.74) is -0.843. The predicted octanol–water partition coefficient (Wildman–Crippen LogP) is -0.0990. The average Bonchev–Trinajstić information content (AvgIpc) is 1.94. The van der Waals surface area contributed by atoms with Gasteiger partial charge in [0.2, 0.25) is 0 Å². The van der Waals surface area contributed by atoms with Gasteiger partial charge in [-0.05, 0) is 0 Å². The van der Waals surface area contributed by atoms with Gasteiger partial charge in [0.15, 0.2) is 0 Å². The number of hydrogen-bond acceptors (Lipinski definition) is 4. The first-order chi connectivity index (χ1) is 6.52. The zero-order valence-electron chi connectivity index (χ0n) is 8.88. The fraction of sp³-hybridized carbons (Fsp3) is 0.625. The van der Waals surface area contributed by atoms with Crippen LogP contribution < -0.4 is 10.2 Å². The van der Waals surface area contributed by atoms with Crippen molar-refractivity contribution in [1.82, 2.24) is 0 Å². The van der Waals surface area contributed by atoms with Gasteiger partial charge in [0.25, 0.3) is 0 Å². The molecule has 0 rings (SSSR count). The van der Waals surface area contributed by atoms with Crippen LogP contribution in [0, 0.1) is 0 Å². The Morgan fingerprint density at radius 2 is 1.62 bits per heavy atom. The van der Waals surface area contributed by atoms with Crippen molar-refractivity contribution in [3.63, 3.8) is 0 Å². The number of nitrogens with zero attached hydrogens (tertiary/aromatic N) is 1. The van der Waals surface area contributed by atoms with Gasteiger partial charge in [-0.2, -0.15) is 13.2 Å². The van der Waals surface area contributed by atoms with E-state index in [1.807, 2.05) is 0 Å². The Morgan fingerprint density at radius 1 is 1.19 bits per heavy atom. The Hall–Kier alpha value is -0.601. The minimum atomic E-state index is -5.07. The van der Waals surface area contributed by atoms with E-state index < -0.39 is 23.6 Å². The van der Waals surface area contributed by atoms with Crippen LogP contribution in [0.25, 0.3) is 0 Å². The van der Waals surface area contributed by atoms with Crippen molar-refractivity contribution >= 4 is 29.8 Å². The summed E-state index contributed by atoms with van der Waals surface area (Å²) in [4.78, 5) is 2.42. The molecular formula is C8H10F3NO3Sn. The van der Waals surface area contributed by atoms with Crippen molar-refractivity contribution in [2.24, 2.45) is 4.99 Å². The first-order valence-electron chi connectivity index (χ1n) is 3.90. The molecule has 0 atom stereocenters. The van der Waals surface area contributed by atoms with Crippen LogP contribution in [0.5, 0.6) is 0 Å². The molecule has 0 saturated carbocycles. The minimum absolute atomic E-state index is 0. The van der Waals surface area contributed by atoms with Crippen molar-refractivity contribution in [2.75, 3.05) is 0 Å². The maximum absolute atomic E-state index is 11.6. The molecule has 0 spiro atoms. The number of aliphatic imine (C=N–C) groups is 1. The molecule has 0 aromatic carbocycles. The number of ether oxygens (including phenoxy) is 1. The largest absolute Gasteiger partial charge is 2.00 e. The van der Waals surface area contributed by atoms with Gasteiger partial charge in [-0.3, -0.25) is 4.99 Å². The molecule has 0 saturated heterocycles. The Balaban J connectivity index is 0. The van der Waals surface area contributed by atoms with Crippen LogP contribution in [0.15, 0.2) is 17.1 Å². The molecule has 0 aliphatic carbocycles. The molecule has 0 bridgehead atoms. The number of halogens is 3. The van der Waals surface area contributed by atoms with Gasteiger partial charge in [-0.1, -0.05) is 20.8 Å². The maximum Gasteiger partial charge on any atom is 2.00 e. The van der Waals surface area contributed by atoms with Gasteiger partial charge < -0.3 is 14.9 Å². The van der Waals surface area contributed by atoms with E-state index in [0.717, 1.165) is 0 Å². The van der Waals surface area contributed by atoms with Crippen molar-refractivity contribution in [2.45, 2.75) is 32.5 Å². The molecule has 0 unspecified atom stereocenters. The van der Waals surface area contributed by atoms with Gasteiger partial charge in [0.05, 0.1) is 11.8 Å². The SMILES string of the molecule is CC(C)(C)O/C([O-])=C/N=C([O-])C(F)(F)F.[Sn+2]. The Morgan fingerprint density at radius 3 is 1.94 bits per heavy atom. The van der Waals surface area contributed by atoms with Crippen LogP contribution >= 0.6 is 0 Å². The summed E-state index contributed by atoms with van der Waals surface area (Å²) in [5.74, 6) is -3.44. The van der Waals surface area contributed by atoms with Crippen LogP contribution in [-0.4, -0.2) is 41.6 Å². The predicted molar refractivity (Wildman–Crippen MR) is 48.2 cm³/mol. The third-order valence-electron chi connectivity index (χ3n) is 0.936. The van der Waals surface area contributed by atoms with Crippen LogP contribution in [0.2, 0.25) is 0 Å². The fourth-order valence-electron chi connectivity index (χ4n) is 0.513. The number of hydrogen-bond donors (Lipinski definition) is 0. The minimum Gasteiger partial charge on any atom is -0.855 e. The number of alkyl halides is 3. The first kappa shape index (κ1) is 17.8. The Bertz CT molecular complexity index is 281. The zero-order valence-corrected chi connectivity index (χ0v) is 11.7. The third-order valence-corrected chi connectivity index (χ3v) is 0.936. The molecule has 0 aromatic heterocycles. The second kappa shape index (κ2) is 6.21. The van der Waals surface area contributed by atoms with Crippen molar-refractivity contribution in [3.8, 4) is 0 Å². The van der Waals surface area contributed by atoms with Gasteiger partial charge in [-0.15, -0.1) is 0 Å². The molecule has 90 valence electrons. The molecular weight excluding hydrogens is 334 g/mol. The standard InChI is InChI=1S/C8H12F3NO3.Sn/c1-7(2,3)15-5(13)4-12-6(14)8(9,10)11;/h4,13H,1-3H3,(H,12,14);/q;+2/p-2/b5-4+;. The second-order valence-electron chi connectivity index (χ2n) is 3.59. The first-order valence-corrected chi connectivity index (χ1v) is 3.90. The summed E-state index contributed by atoms with van der Waals surface area (Å²) >= 11 is 0. The average molecular weight is 344 g/mol. The second-order valence-corrected chi connectivity index (χ2v) is 3.59. The molecule has 4 nitrogen and oxygen atoms in total. The fourth-order valence-corrected chi connectivity index (χ4v) is 0.513. The summed E-state index contributed by atoms with van der Waals surface area (Å²) in [7, 11) is 0. The van der Waals surface area contributed by atoms with Gasteiger partial charge in [0, 0.05) is 11.8 Å². The van der Waals surface area contributed by atoms with Crippen LogP contribution in [0.3, 0.4) is 0 Å². The van der Waals surface area contributed by atoms with E-state index in [-0.39, 0.29) is 30.1 Å². The summed E-state index contributed by atoms with van der Waals surface area (Å²) in [5, 5.41) is 21.0. The Kier molecular flexibility index (Phi) is 6.90. The van der Waals surface area contributed by atoms with E-state index in [2.05, 4.69) is 9.73 Å². The van der Waals surface area contributed by atoms with E-state index >= 15 is 0 Å². The van der Waals surface area contributed by atoms with Gasteiger partial charge in [0.1, 0.15) is 0 Å². The van der Waals surface area contributed by atoms with E-state index in [1.54, 1.807) is 0 Å². The molecule has 2 radical (unpaired) electrons. The van der Waals surface area contributed by atoms with E-state index in [0.29, 0.717) is 0 Å². The van der Waals surface area contributed by atoms with E-state index in [1.165, 1.54) is 20.8 Å². The quantitative estimate of drug-likeness (QED) is 0.304. The normalized spacial score (nSPS) is 14.4. The molecule has 8 heteroatoms. The van der Waals surface area contributed by atoms with Crippen molar-refractivity contribution in [1.29, 1.82) is 0 Å². The Labute approximate surface area is 108 Å². The monoisotopic (exact) mass is 345 g/mol. The van der Waals surface area contributed by atoms with Crippen LogP contribution in [-0.2, 0) is 4.74 Å². The molecule has 0 aromatic rings. The summed E-state index contributed by atoms with van der Waals surface area (Å²) < 4.78 is 39.5. The molecule has 0 aliphatic heterocycles. The summed E-state index contributed by atoms with van der Waals surface area (Å²) in [6, 6.07) is 0. The maximum atomic E-state index is 11.6. The van der Waals surface area contributed by atoms with Crippen LogP contribution in [0.4, 0.5) is 13.2 Å². The van der Waals surface area contributed by atoms with Gasteiger partial charge >= 0.3 is 30.1 Å². The molecule has 16 heavy (non-hydrogen) atoms. The topological polar surface area (TPSA) is 67.7 Å². The van der Waals surface area contributed by atoms with Crippen LogP contribution in [0.1, 0.15) is 20.8 Å². The molecule has 0 amide bonds. The van der Waals surface area contributed by atoms with Crippen molar-refractivity contribution < 1.29 is 28.1 Å². The third kappa shape index (κ3) is 8.69. The smallest absolute Gasteiger partial charge is 0.855 e. The molecule has 0 heterocycles.